The largest absolute Gasteiger partial charge is 0.368 e. The molecule has 0 aliphatic heterocycles. The Bertz CT molecular complexity index is 240. The molecule has 3 nitrogen and oxygen atoms in total. The van der Waals surface area contributed by atoms with Crippen molar-refractivity contribution >= 4 is 5.91 Å². The van der Waals surface area contributed by atoms with E-state index in [9.17, 15) is 4.79 Å². The number of nitrogens with one attached hydrogen (secondary N) is 1. The summed E-state index contributed by atoms with van der Waals surface area (Å²) in [5.41, 5.74) is 5.43. The average molecular weight is 226 g/mol. The van der Waals surface area contributed by atoms with Gasteiger partial charge in [-0.15, -0.1) is 0 Å². The van der Waals surface area contributed by atoms with Crippen LogP contribution in [0.2, 0.25) is 0 Å². The Morgan fingerprint density at radius 2 is 1.94 bits per heavy atom. The molecule has 1 aliphatic carbocycles. The van der Waals surface area contributed by atoms with E-state index in [4.69, 9.17) is 5.73 Å². The number of primary amides is 1. The second-order valence-corrected chi connectivity index (χ2v) is 5.79. The Labute approximate surface area is 99.2 Å². The molecule has 4 atom stereocenters. The standard InChI is InChI=1S/C13H26N2O/c1-8(2)12(13(14)16)15-11-7-9(3)5-6-10(11)4/h8-12,15H,5-7H2,1-4H3,(H2,14,16). The van der Waals surface area contributed by atoms with E-state index in [2.05, 4.69) is 19.2 Å². The third-order valence-electron chi connectivity index (χ3n) is 3.82. The highest BCUT2D eigenvalue weighted by Crippen LogP contribution is 2.29. The van der Waals surface area contributed by atoms with Gasteiger partial charge in [-0.2, -0.15) is 0 Å². The predicted molar refractivity (Wildman–Crippen MR) is 66.9 cm³/mol. The van der Waals surface area contributed by atoms with Gasteiger partial charge in [0, 0.05) is 6.04 Å². The summed E-state index contributed by atoms with van der Waals surface area (Å²) in [6, 6.07) is 0.265. The molecule has 0 aromatic heterocycles. The lowest BCUT2D eigenvalue weighted by atomic mass is 9.79. The molecule has 0 aromatic rings. The molecule has 0 heterocycles. The molecule has 0 radical (unpaired) electrons. The Morgan fingerprint density at radius 1 is 1.31 bits per heavy atom. The molecule has 1 amide bonds. The van der Waals surface area contributed by atoms with E-state index in [-0.39, 0.29) is 17.9 Å². The van der Waals surface area contributed by atoms with Crippen molar-refractivity contribution in [1.82, 2.24) is 5.32 Å². The number of carbonyl (C=O) groups is 1. The number of rotatable bonds is 4. The van der Waals surface area contributed by atoms with Crippen LogP contribution in [0.3, 0.4) is 0 Å². The van der Waals surface area contributed by atoms with Crippen LogP contribution in [0.25, 0.3) is 0 Å². The summed E-state index contributed by atoms with van der Waals surface area (Å²) < 4.78 is 0. The molecule has 3 heteroatoms. The second kappa shape index (κ2) is 5.67. The monoisotopic (exact) mass is 226 g/mol. The van der Waals surface area contributed by atoms with Gasteiger partial charge in [-0.1, -0.05) is 34.1 Å². The van der Waals surface area contributed by atoms with E-state index < -0.39 is 0 Å². The predicted octanol–water partition coefficient (Wildman–Crippen LogP) is 1.91. The van der Waals surface area contributed by atoms with Crippen molar-refractivity contribution in [3.05, 3.63) is 0 Å². The first kappa shape index (κ1) is 13.5. The van der Waals surface area contributed by atoms with Gasteiger partial charge in [-0.05, 0) is 30.6 Å². The van der Waals surface area contributed by atoms with Crippen molar-refractivity contribution in [2.75, 3.05) is 0 Å². The van der Waals surface area contributed by atoms with Gasteiger partial charge in [0.2, 0.25) is 5.91 Å². The summed E-state index contributed by atoms with van der Waals surface area (Å²) >= 11 is 0. The highest BCUT2D eigenvalue weighted by Gasteiger charge is 2.30. The minimum Gasteiger partial charge on any atom is -0.368 e. The first-order chi connectivity index (χ1) is 7.41. The van der Waals surface area contributed by atoms with Crippen LogP contribution in [0, 0.1) is 17.8 Å². The van der Waals surface area contributed by atoms with E-state index in [0.29, 0.717) is 12.0 Å². The third kappa shape index (κ3) is 3.48. The normalized spacial score (nSPS) is 32.7. The van der Waals surface area contributed by atoms with Gasteiger partial charge in [0.25, 0.3) is 0 Å². The molecule has 0 aromatic carbocycles. The second-order valence-electron chi connectivity index (χ2n) is 5.79. The number of nitrogens with two attached hydrogens (primary N) is 1. The maximum Gasteiger partial charge on any atom is 0.234 e. The van der Waals surface area contributed by atoms with Crippen molar-refractivity contribution in [2.24, 2.45) is 23.5 Å². The minimum absolute atomic E-state index is 0.183. The molecule has 4 unspecified atom stereocenters. The maximum atomic E-state index is 11.4. The quantitative estimate of drug-likeness (QED) is 0.769. The fourth-order valence-corrected chi connectivity index (χ4v) is 2.60. The minimum atomic E-state index is -0.222. The van der Waals surface area contributed by atoms with Crippen LogP contribution in [0.4, 0.5) is 0 Å². The highest BCUT2D eigenvalue weighted by molar-refractivity contribution is 5.80. The highest BCUT2D eigenvalue weighted by atomic mass is 16.1. The zero-order chi connectivity index (χ0) is 12.3. The van der Waals surface area contributed by atoms with Gasteiger partial charge >= 0.3 is 0 Å². The molecular weight excluding hydrogens is 200 g/mol. The molecule has 94 valence electrons. The van der Waals surface area contributed by atoms with Gasteiger partial charge in [-0.3, -0.25) is 4.79 Å². The van der Waals surface area contributed by atoms with Crippen molar-refractivity contribution < 1.29 is 4.79 Å². The molecular formula is C13H26N2O. The molecule has 0 saturated heterocycles. The SMILES string of the molecule is CC1CCC(C)C(NC(C(N)=O)C(C)C)C1. The summed E-state index contributed by atoms with van der Waals surface area (Å²) in [6.45, 7) is 8.63. The van der Waals surface area contributed by atoms with Crippen molar-refractivity contribution in [3.8, 4) is 0 Å². The summed E-state index contributed by atoms with van der Waals surface area (Å²) in [4.78, 5) is 11.4. The van der Waals surface area contributed by atoms with Gasteiger partial charge in [-0.25, -0.2) is 0 Å². The van der Waals surface area contributed by atoms with Gasteiger partial charge in [0.1, 0.15) is 0 Å². The molecule has 0 bridgehead atoms. The van der Waals surface area contributed by atoms with Crippen LogP contribution < -0.4 is 11.1 Å². The van der Waals surface area contributed by atoms with Crippen LogP contribution in [-0.2, 0) is 4.79 Å². The fourth-order valence-electron chi connectivity index (χ4n) is 2.60. The number of hydrogen-bond acceptors (Lipinski definition) is 2. The first-order valence-corrected chi connectivity index (χ1v) is 6.47. The lowest BCUT2D eigenvalue weighted by Gasteiger charge is -2.36. The van der Waals surface area contributed by atoms with Gasteiger partial charge in [0.15, 0.2) is 0 Å². The average Bonchev–Trinajstić information content (AvgIpc) is 2.18. The van der Waals surface area contributed by atoms with Gasteiger partial charge < -0.3 is 11.1 Å². The van der Waals surface area contributed by atoms with Crippen LogP contribution in [0.15, 0.2) is 0 Å². The number of carbonyl (C=O) groups excluding carboxylic acids is 1. The van der Waals surface area contributed by atoms with Crippen molar-refractivity contribution in [2.45, 2.75) is 59.0 Å². The summed E-state index contributed by atoms with van der Waals surface area (Å²) in [6.07, 6.45) is 3.72. The lowest BCUT2D eigenvalue weighted by Crippen LogP contribution is -2.52. The maximum absolute atomic E-state index is 11.4. The fraction of sp³-hybridized carbons (Fsp3) is 0.923. The zero-order valence-corrected chi connectivity index (χ0v) is 11.0. The molecule has 0 spiro atoms. The Morgan fingerprint density at radius 3 is 2.44 bits per heavy atom. The molecule has 1 fully saturated rings. The third-order valence-corrected chi connectivity index (χ3v) is 3.82. The Hall–Kier alpha value is -0.570. The van der Waals surface area contributed by atoms with E-state index in [1.165, 1.54) is 12.8 Å². The van der Waals surface area contributed by atoms with E-state index in [1.54, 1.807) is 0 Å². The zero-order valence-electron chi connectivity index (χ0n) is 11.0. The van der Waals surface area contributed by atoms with Crippen LogP contribution in [-0.4, -0.2) is 18.0 Å². The van der Waals surface area contributed by atoms with E-state index >= 15 is 0 Å². The molecule has 1 rings (SSSR count). The van der Waals surface area contributed by atoms with Gasteiger partial charge in [0.05, 0.1) is 6.04 Å². The summed E-state index contributed by atoms with van der Waals surface area (Å²) in [5.74, 6) is 1.45. The Kier molecular flexibility index (Phi) is 4.78. The molecule has 16 heavy (non-hydrogen) atoms. The topological polar surface area (TPSA) is 55.1 Å². The first-order valence-electron chi connectivity index (χ1n) is 6.47. The smallest absolute Gasteiger partial charge is 0.234 e. The van der Waals surface area contributed by atoms with Crippen LogP contribution in [0.1, 0.15) is 47.0 Å². The van der Waals surface area contributed by atoms with E-state index in [1.807, 2.05) is 13.8 Å². The lowest BCUT2D eigenvalue weighted by molar-refractivity contribution is -0.121. The number of amides is 1. The van der Waals surface area contributed by atoms with Crippen molar-refractivity contribution in [1.29, 1.82) is 0 Å². The van der Waals surface area contributed by atoms with Crippen LogP contribution >= 0.6 is 0 Å². The van der Waals surface area contributed by atoms with E-state index in [0.717, 1.165) is 12.3 Å². The Balaban J connectivity index is 2.59. The molecule has 3 N–H and O–H groups in total. The molecule has 1 aliphatic rings. The molecule has 1 saturated carbocycles. The van der Waals surface area contributed by atoms with Crippen molar-refractivity contribution in [3.63, 3.8) is 0 Å². The van der Waals surface area contributed by atoms with Crippen LogP contribution in [0.5, 0.6) is 0 Å². The number of hydrogen-bond donors (Lipinski definition) is 2. The summed E-state index contributed by atoms with van der Waals surface area (Å²) in [5, 5.41) is 3.46. The summed E-state index contributed by atoms with van der Waals surface area (Å²) in [7, 11) is 0.